The molecule has 2 rings (SSSR count). The predicted octanol–water partition coefficient (Wildman–Crippen LogP) is 1.67. The highest BCUT2D eigenvalue weighted by molar-refractivity contribution is 6.04. The van der Waals surface area contributed by atoms with E-state index in [1.54, 1.807) is 31.4 Å². The van der Waals surface area contributed by atoms with Crippen LogP contribution < -0.4 is 0 Å². The zero-order chi connectivity index (χ0) is 17.7. The minimum Gasteiger partial charge on any atom is -0.337 e. The molecule has 1 fully saturated rings. The van der Waals surface area contributed by atoms with E-state index >= 15 is 0 Å². The lowest BCUT2D eigenvalue weighted by atomic mass is 10.0. The lowest BCUT2D eigenvalue weighted by Gasteiger charge is -2.29. The third kappa shape index (κ3) is 3.90. The molecule has 1 saturated heterocycles. The second-order valence-corrected chi connectivity index (χ2v) is 6.07. The first-order chi connectivity index (χ1) is 11.5. The molecule has 1 atom stereocenters. The summed E-state index contributed by atoms with van der Waals surface area (Å²) < 4.78 is 0. The molecule has 1 aromatic rings. The van der Waals surface area contributed by atoms with E-state index in [-0.39, 0.29) is 30.9 Å². The van der Waals surface area contributed by atoms with E-state index in [1.807, 2.05) is 12.1 Å². The van der Waals surface area contributed by atoms with Gasteiger partial charge in [0.1, 0.15) is 13.1 Å². The number of imide groups is 1. The van der Waals surface area contributed by atoms with Gasteiger partial charge in [0.2, 0.25) is 5.91 Å². The third-order valence-electron chi connectivity index (χ3n) is 4.29. The Balaban J connectivity index is 2.11. The summed E-state index contributed by atoms with van der Waals surface area (Å²) in [4.78, 5) is 44.5. The van der Waals surface area contributed by atoms with E-state index in [9.17, 15) is 14.4 Å². The average Bonchev–Trinajstić information content (AvgIpc) is 2.82. The van der Waals surface area contributed by atoms with Gasteiger partial charge >= 0.3 is 6.03 Å². The number of hydrogen-bond donors (Lipinski definition) is 0. The van der Waals surface area contributed by atoms with Crippen molar-refractivity contribution < 1.29 is 14.4 Å². The van der Waals surface area contributed by atoms with Crippen molar-refractivity contribution >= 4 is 17.8 Å². The number of carbonyl (C=O) groups excluding carboxylic acids is 3. The van der Waals surface area contributed by atoms with Gasteiger partial charge in [0.05, 0.1) is 6.04 Å². The minimum atomic E-state index is -0.423. The van der Waals surface area contributed by atoms with Crippen molar-refractivity contribution in [1.29, 1.82) is 0 Å². The summed E-state index contributed by atoms with van der Waals surface area (Å²) in [6.45, 7) is 1.90. The second kappa shape index (κ2) is 7.90. The van der Waals surface area contributed by atoms with E-state index < -0.39 is 6.03 Å². The van der Waals surface area contributed by atoms with Crippen molar-refractivity contribution in [3.63, 3.8) is 0 Å². The Labute approximate surface area is 142 Å². The zero-order valence-corrected chi connectivity index (χ0v) is 14.4. The van der Waals surface area contributed by atoms with Crippen LogP contribution in [0.3, 0.4) is 0 Å². The summed E-state index contributed by atoms with van der Waals surface area (Å²) >= 11 is 0. The van der Waals surface area contributed by atoms with Crippen molar-refractivity contribution in [3.05, 3.63) is 30.1 Å². The van der Waals surface area contributed by atoms with Crippen LogP contribution in [0.15, 0.2) is 24.5 Å². The van der Waals surface area contributed by atoms with E-state index in [4.69, 9.17) is 0 Å². The predicted molar refractivity (Wildman–Crippen MR) is 89.0 cm³/mol. The number of hydrogen-bond acceptors (Lipinski definition) is 4. The molecule has 130 valence electrons. The molecule has 1 aliphatic heterocycles. The Bertz CT molecular complexity index is 605. The normalized spacial score (nSPS) is 15.8. The maximum Gasteiger partial charge on any atom is 0.327 e. The molecule has 4 amide bonds. The molecule has 7 nitrogen and oxygen atoms in total. The summed E-state index contributed by atoms with van der Waals surface area (Å²) in [5.41, 5.74) is 0.956. The number of pyridine rings is 1. The van der Waals surface area contributed by atoms with Gasteiger partial charge in [-0.25, -0.2) is 4.79 Å². The van der Waals surface area contributed by atoms with Crippen LogP contribution in [-0.2, 0) is 9.59 Å². The monoisotopic (exact) mass is 332 g/mol. The van der Waals surface area contributed by atoms with Gasteiger partial charge in [0, 0.05) is 26.5 Å². The maximum absolute atomic E-state index is 12.6. The summed E-state index contributed by atoms with van der Waals surface area (Å²) in [6, 6.07) is 3.25. The van der Waals surface area contributed by atoms with Crippen molar-refractivity contribution in [2.45, 2.75) is 32.2 Å². The lowest BCUT2D eigenvalue weighted by Crippen LogP contribution is -2.43. The molecule has 0 aromatic carbocycles. The fourth-order valence-electron chi connectivity index (χ4n) is 2.80. The maximum atomic E-state index is 12.6. The van der Waals surface area contributed by atoms with Crippen LogP contribution in [0.25, 0.3) is 0 Å². The number of amides is 4. The highest BCUT2D eigenvalue weighted by Crippen LogP contribution is 2.25. The van der Waals surface area contributed by atoms with Crippen molar-refractivity contribution in [1.82, 2.24) is 19.7 Å². The lowest BCUT2D eigenvalue weighted by molar-refractivity contribution is -0.137. The average molecular weight is 332 g/mol. The van der Waals surface area contributed by atoms with E-state index in [2.05, 4.69) is 11.9 Å². The molecular formula is C17H24N4O3. The number of likely N-dealkylation sites (N-methyl/N-ethyl adjacent to an activating group) is 2. The Kier molecular flexibility index (Phi) is 5.89. The molecule has 0 saturated carbocycles. The van der Waals surface area contributed by atoms with Gasteiger partial charge in [-0.3, -0.25) is 19.5 Å². The fraction of sp³-hybridized carbons (Fsp3) is 0.529. The number of carbonyl (C=O) groups is 3. The summed E-state index contributed by atoms with van der Waals surface area (Å²) in [7, 11) is 3.26. The van der Waals surface area contributed by atoms with E-state index in [1.165, 1.54) is 4.90 Å². The molecule has 1 aromatic heterocycles. The fourth-order valence-corrected chi connectivity index (χ4v) is 2.80. The highest BCUT2D eigenvalue weighted by atomic mass is 16.2. The first-order valence-electron chi connectivity index (χ1n) is 8.16. The molecule has 0 bridgehead atoms. The molecule has 24 heavy (non-hydrogen) atoms. The minimum absolute atomic E-state index is 0.0255. The Morgan fingerprint density at radius 3 is 2.71 bits per heavy atom. The molecule has 7 heteroatoms. The van der Waals surface area contributed by atoms with Crippen molar-refractivity contribution in [2.75, 3.05) is 27.2 Å². The first kappa shape index (κ1) is 17.9. The van der Waals surface area contributed by atoms with Gasteiger partial charge < -0.3 is 9.80 Å². The van der Waals surface area contributed by atoms with Gasteiger partial charge in [0.15, 0.2) is 0 Å². The first-order valence-corrected chi connectivity index (χ1v) is 8.16. The van der Waals surface area contributed by atoms with Crippen LogP contribution in [0, 0.1) is 0 Å². The molecule has 0 aliphatic carbocycles. The van der Waals surface area contributed by atoms with Crippen LogP contribution in [-0.4, -0.2) is 64.7 Å². The number of aromatic nitrogens is 1. The largest absolute Gasteiger partial charge is 0.337 e. The Morgan fingerprint density at radius 2 is 2.17 bits per heavy atom. The third-order valence-corrected chi connectivity index (χ3v) is 4.29. The topological polar surface area (TPSA) is 73.8 Å². The SMILES string of the molecule is CCCC[C@@H](c1cccnc1)N(C)C(=O)CN1C(=O)CN(C)C1=O. The number of unbranched alkanes of at least 4 members (excludes halogenated alkanes) is 1. The zero-order valence-electron chi connectivity index (χ0n) is 14.4. The van der Waals surface area contributed by atoms with Crippen molar-refractivity contribution in [2.24, 2.45) is 0 Å². The van der Waals surface area contributed by atoms with Crippen molar-refractivity contribution in [3.8, 4) is 0 Å². The molecular weight excluding hydrogens is 308 g/mol. The van der Waals surface area contributed by atoms with Gasteiger partial charge in [0.25, 0.3) is 5.91 Å². The van der Waals surface area contributed by atoms with Crippen LogP contribution in [0.1, 0.15) is 37.8 Å². The Morgan fingerprint density at radius 1 is 1.42 bits per heavy atom. The highest BCUT2D eigenvalue weighted by Gasteiger charge is 2.36. The smallest absolute Gasteiger partial charge is 0.327 e. The number of urea groups is 1. The summed E-state index contributed by atoms with van der Waals surface area (Å²) in [5.74, 6) is -0.590. The summed E-state index contributed by atoms with van der Waals surface area (Å²) in [5, 5.41) is 0. The standard InChI is InChI=1S/C17H24N4O3/c1-4-5-8-14(13-7-6-9-18-10-13)20(3)15(22)12-21-16(23)11-19(2)17(21)24/h6-7,9-10,14H,4-5,8,11-12H2,1-3H3/t14-/m0/s1. The van der Waals surface area contributed by atoms with Crippen LogP contribution in [0.4, 0.5) is 4.79 Å². The van der Waals surface area contributed by atoms with Gasteiger partial charge in [-0.1, -0.05) is 25.8 Å². The van der Waals surface area contributed by atoms with E-state index in [0.717, 1.165) is 29.7 Å². The van der Waals surface area contributed by atoms with Gasteiger partial charge in [-0.15, -0.1) is 0 Å². The molecule has 1 aliphatic rings. The molecule has 0 spiro atoms. The van der Waals surface area contributed by atoms with Crippen LogP contribution >= 0.6 is 0 Å². The Hall–Kier alpha value is -2.44. The molecule has 0 radical (unpaired) electrons. The van der Waals surface area contributed by atoms with Gasteiger partial charge in [-0.05, 0) is 18.1 Å². The quantitative estimate of drug-likeness (QED) is 0.712. The van der Waals surface area contributed by atoms with Crippen LogP contribution in [0.5, 0.6) is 0 Å². The number of nitrogens with zero attached hydrogens (tertiary/aromatic N) is 4. The molecule has 0 N–H and O–H groups in total. The summed E-state index contributed by atoms with van der Waals surface area (Å²) in [6.07, 6.45) is 6.25. The second-order valence-electron chi connectivity index (χ2n) is 6.07. The van der Waals surface area contributed by atoms with E-state index in [0.29, 0.717) is 0 Å². The van der Waals surface area contributed by atoms with Crippen LogP contribution in [0.2, 0.25) is 0 Å². The molecule has 0 unspecified atom stereocenters. The number of rotatable bonds is 7. The van der Waals surface area contributed by atoms with Gasteiger partial charge in [-0.2, -0.15) is 0 Å². The molecule has 2 heterocycles.